The molecular formula is C28H54O4. The maximum absolute atomic E-state index is 12.0. The summed E-state index contributed by atoms with van der Waals surface area (Å²) in [7, 11) is 0. The molecule has 190 valence electrons. The number of carbonyl (C=O) groups excluding carboxylic acids is 2. The fourth-order valence-electron chi connectivity index (χ4n) is 3.88. The second kappa shape index (κ2) is 23.1. The Morgan fingerprint density at radius 2 is 0.719 bits per heavy atom. The van der Waals surface area contributed by atoms with Crippen LogP contribution in [0.5, 0.6) is 0 Å². The van der Waals surface area contributed by atoms with Crippen LogP contribution in [-0.2, 0) is 19.1 Å². The van der Waals surface area contributed by atoms with Crippen LogP contribution in [0, 0.1) is 0 Å². The van der Waals surface area contributed by atoms with E-state index in [1.807, 2.05) is 13.8 Å². The van der Waals surface area contributed by atoms with Crippen molar-refractivity contribution in [3.05, 3.63) is 0 Å². The summed E-state index contributed by atoms with van der Waals surface area (Å²) in [5.74, 6) is -0.357. The van der Waals surface area contributed by atoms with E-state index < -0.39 is 12.2 Å². The molecule has 32 heavy (non-hydrogen) atoms. The Labute approximate surface area is 199 Å². The molecule has 1 unspecified atom stereocenters. The van der Waals surface area contributed by atoms with Crippen LogP contribution in [0.2, 0.25) is 0 Å². The summed E-state index contributed by atoms with van der Waals surface area (Å²) in [6.45, 7) is 8.10. The van der Waals surface area contributed by atoms with Crippen molar-refractivity contribution in [3.63, 3.8) is 0 Å². The standard InChI is InChI=1S/C28H54O4/c1-5-7-9-11-13-15-17-19-21-23-27(29)31-25(3)26(4)32-28(30)24-22-20-18-16-14-12-10-8-6-2/h25-26H,5-24H2,1-4H3/t25-,26?/m1/s1. The average molecular weight is 455 g/mol. The van der Waals surface area contributed by atoms with E-state index >= 15 is 0 Å². The summed E-state index contributed by atoms with van der Waals surface area (Å²) in [6.07, 6.45) is 22.2. The van der Waals surface area contributed by atoms with Crippen molar-refractivity contribution in [1.29, 1.82) is 0 Å². The lowest BCUT2D eigenvalue weighted by molar-refractivity contribution is -0.165. The van der Waals surface area contributed by atoms with Crippen LogP contribution in [0.1, 0.15) is 156 Å². The first-order chi connectivity index (χ1) is 15.5. The van der Waals surface area contributed by atoms with E-state index in [-0.39, 0.29) is 11.9 Å². The van der Waals surface area contributed by atoms with Gasteiger partial charge in [-0.25, -0.2) is 0 Å². The first kappa shape index (κ1) is 30.9. The second-order valence-electron chi connectivity index (χ2n) is 9.55. The monoisotopic (exact) mass is 454 g/mol. The van der Waals surface area contributed by atoms with Gasteiger partial charge in [-0.3, -0.25) is 9.59 Å². The van der Waals surface area contributed by atoms with Crippen molar-refractivity contribution < 1.29 is 19.1 Å². The van der Waals surface area contributed by atoms with E-state index in [0.29, 0.717) is 12.8 Å². The Morgan fingerprint density at radius 1 is 0.469 bits per heavy atom. The Bertz CT molecular complexity index is 395. The molecule has 0 rings (SSSR count). The highest BCUT2D eigenvalue weighted by atomic mass is 16.6. The third kappa shape index (κ3) is 20.8. The van der Waals surface area contributed by atoms with Gasteiger partial charge in [0.15, 0.2) is 0 Å². The van der Waals surface area contributed by atoms with Gasteiger partial charge in [0.05, 0.1) is 0 Å². The SMILES string of the molecule is CCCCCCCCCCCC(=O)OC(C)[C@@H](C)OC(=O)CCCCCCCCCCC. The van der Waals surface area contributed by atoms with Gasteiger partial charge in [-0.15, -0.1) is 0 Å². The van der Waals surface area contributed by atoms with Gasteiger partial charge in [0, 0.05) is 12.8 Å². The van der Waals surface area contributed by atoms with Gasteiger partial charge in [-0.2, -0.15) is 0 Å². The summed E-state index contributed by atoms with van der Waals surface area (Å²) in [5.41, 5.74) is 0. The zero-order chi connectivity index (χ0) is 23.9. The molecule has 0 aliphatic carbocycles. The first-order valence-corrected chi connectivity index (χ1v) is 13.9. The zero-order valence-electron chi connectivity index (χ0n) is 21.9. The lowest BCUT2D eigenvalue weighted by atomic mass is 10.1. The normalized spacial score (nSPS) is 13.0. The van der Waals surface area contributed by atoms with E-state index in [4.69, 9.17) is 9.47 Å². The van der Waals surface area contributed by atoms with Gasteiger partial charge in [-0.05, 0) is 26.7 Å². The Morgan fingerprint density at radius 3 is 1.00 bits per heavy atom. The summed E-state index contributed by atoms with van der Waals surface area (Å²) in [5, 5.41) is 0. The van der Waals surface area contributed by atoms with Gasteiger partial charge in [0.1, 0.15) is 12.2 Å². The van der Waals surface area contributed by atoms with Crippen LogP contribution in [0.3, 0.4) is 0 Å². The third-order valence-electron chi connectivity index (χ3n) is 6.26. The molecule has 0 spiro atoms. The minimum atomic E-state index is -0.395. The van der Waals surface area contributed by atoms with E-state index in [2.05, 4.69) is 13.8 Å². The molecule has 0 aliphatic rings. The van der Waals surface area contributed by atoms with Crippen molar-refractivity contribution in [3.8, 4) is 0 Å². The highest BCUT2D eigenvalue weighted by Gasteiger charge is 2.20. The number of ether oxygens (including phenoxy) is 2. The van der Waals surface area contributed by atoms with Crippen LogP contribution >= 0.6 is 0 Å². The minimum Gasteiger partial charge on any atom is -0.459 e. The second-order valence-corrected chi connectivity index (χ2v) is 9.55. The summed E-state index contributed by atoms with van der Waals surface area (Å²) in [4.78, 5) is 24.1. The molecule has 0 saturated heterocycles. The largest absolute Gasteiger partial charge is 0.459 e. The third-order valence-corrected chi connectivity index (χ3v) is 6.26. The van der Waals surface area contributed by atoms with Crippen molar-refractivity contribution in [2.24, 2.45) is 0 Å². The van der Waals surface area contributed by atoms with Gasteiger partial charge >= 0.3 is 11.9 Å². The molecule has 0 amide bonds. The number of unbranched alkanes of at least 4 members (excludes halogenated alkanes) is 16. The molecule has 0 aromatic rings. The van der Waals surface area contributed by atoms with Gasteiger partial charge < -0.3 is 9.47 Å². The molecule has 0 N–H and O–H groups in total. The fourth-order valence-corrected chi connectivity index (χ4v) is 3.88. The van der Waals surface area contributed by atoms with E-state index in [9.17, 15) is 9.59 Å². The number of carbonyl (C=O) groups is 2. The Balaban J connectivity index is 3.64. The maximum Gasteiger partial charge on any atom is 0.306 e. The topological polar surface area (TPSA) is 52.6 Å². The molecular weight excluding hydrogens is 400 g/mol. The molecule has 0 heterocycles. The smallest absolute Gasteiger partial charge is 0.306 e. The summed E-state index contributed by atoms with van der Waals surface area (Å²) < 4.78 is 10.9. The first-order valence-electron chi connectivity index (χ1n) is 13.9. The van der Waals surface area contributed by atoms with Crippen LogP contribution in [0.25, 0.3) is 0 Å². The predicted molar refractivity (Wildman–Crippen MR) is 135 cm³/mol. The molecule has 0 fully saturated rings. The Kier molecular flexibility index (Phi) is 22.3. The van der Waals surface area contributed by atoms with Crippen molar-refractivity contribution in [1.82, 2.24) is 0 Å². The van der Waals surface area contributed by atoms with Gasteiger partial charge in [0.2, 0.25) is 0 Å². The van der Waals surface area contributed by atoms with E-state index in [0.717, 1.165) is 25.7 Å². The van der Waals surface area contributed by atoms with Gasteiger partial charge in [0.25, 0.3) is 0 Å². The molecule has 0 aliphatic heterocycles. The highest BCUT2D eigenvalue weighted by Crippen LogP contribution is 2.14. The molecule has 0 aromatic carbocycles. The van der Waals surface area contributed by atoms with Crippen LogP contribution < -0.4 is 0 Å². The lowest BCUT2D eigenvalue weighted by Crippen LogP contribution is -2.30. The number of hydrogen-bond donors (Lipinski definition) is 0. The molecule has 0 aromatic heterocycles. The Hall–Kier alpha value is -1.06. The average Bonchev–Trinajstić information content (AvgIpc) is 2.76. The van der Waals surface area contributed by atoms with Crippen LogP contribution in [-0.4, -0.2) is 24.1 Å². The number of esters is 2. The molecule has 4 nitrogen and oxygen atoms in total. The van der Waals surface area contributed by atoms with E-state index in [1.165, 1.54) is 89.9 Å². The zero-order valence-corrected chi connectivity index (χ0v) is 21.9. The molecule has 0 radical (unpaired) electrons. The summed E-state index contributed by atoms with van der Waals surface area (Å²) in [6, 6.07) is 0. The number of hydrogen-bond acceptors (Lipinski definition) is 4. The molecule has 2 atom stereocenters. The van der Waals surface area contributed by atoms with Crippen LogP contribution in [0.4, 0.5) is 0 Å². The maximum atomic E-state index is 12.0. The predicted octanol–water partition coefficient (Wildman–Crippen LogP) is 8.69. The van der Waals surface area contributed by atoms with Crippen molar-refractivity contribution >= 4 is 11.9 Å². The molecule has 0 saturated carbocycles. The van der Waals surface area contributed by atoms with E-state index in [1.54, 1.807) is 0 Å². The minimum absolute atomic E-state index is 0.178. The van der Waals surface area contributed by atoms with Crippen LogP contribution in [0.15, 0.2) is 0 Å². The quantitative estimate of drug-likeness (QED) is 0.114. The molecule has 0 bridgehead atoms. The highest BCUT2D eigenvalue weighted by molar-refractivity contribution is 5.70. The van der Waals surface area contributed by atoms with Gasteiger partial charge in [-0.1, -0.05) is 117 Å². The lowest BCUT2D eigenvalue weighted by Gasteiger charge is -2.21. The summed E-state index contributed by atoms with van der Waals surface area (Å²) >= 11 is 0. The molecule has 4 heteroatoms. The van der Waals surface area contributed by atoms with Crippen molar-refractivity contribution in [2.75, 3.05) is 0 Å². The van der Waals surface area contributed by atoms with Crippen molar-refractivity contribution in [2.45, 2.75) is 168 Å². The number of rotatable bonds is 23. The fraction of sp³-hybridized carbons (Fsp3) is 0.929.